The number of halogens is 2. The first-order chi connectivity index (χ1) is 9.74. The molecule has 2 aromatic rings. The van der Waals surface area contributed by atoms with Gasteiger partial charge in [0.05, 0.1) is 15.7 Å². The van der Waals surface area contributed by atoms with Gasteiger partial charge in [0, 0.05) is 16.0 Å². The largest absolute Gasteiger partial charge is 0.316 e. The third kappa shape index (κ3) is 4.14. The first kappa shape index (κ1) is 17.1. The molecule has 0 unspecified atom stereocenters. The van der Waals surface area contributed by atoms with E-state index in [9.17, 15) is 0 Å². The number of nitrogens with one attached hydrogen (secondary N) is 1. The van der Waals surface area contributed by atoms with Crippen molar-refractivity contribution < 1.29 is 0 Å². The van der Waals surface area contributed by atoms with E-state index in [1.165, 1.54) is 16.0 Å². The summed E-state index contributed by atoms with van der Waals surface area (Å²) in [5.41, 5.74) is 4.02. The summed E-state index contributed by atoms with van der Waals surface area (Å²) < 4.78 is 0. The normalized spacial score (nSPS) is 14.2. The predicted octanol–water partition coefficient (Wildman–Crippen LogP) is 4.51. The third-order valence-corrected chi connectivity index (χ3v) is 5.91. The Kier molecular flexibility index (Phi) is 6.38. The van der Waals surface area contributed by atoms with Crippen LogP contribution in [0.2, 0.25) is 5.02 Å². The average Bonchev–Trinajstić information content (AvgIpc) is 2.71. The van der Waals surface area contributed by atoms with Gasteiger partial charge in [0.2, 0.25) is 0 Å². The standard InChI is InChI=1S/C15H17ClN2S2.ClH/c1-10-18-12(8-19-10)9-20-15-13-5-7-17-6-4-11(13)2-3-14(15)16;/h2-3,8,17H,4-7,9H2,1H3;1H. The smallest absolute Gasteiger partial charge is 0.0897 e. The molecule has 2 nitrogen and oxygen atoms in total. The topological polar surface area (TPSA) is 24.9 Å². The molecule has 6 heteroatoms. The fourth-order valence-electron chi connectivity index (χ4n) is 2.49. The third-order valence-electron chi connectivity index (χ3n) is 3.46. The number of hydrogen-bond donors (Lipinski definition) is 1. The first-order valence-corrected chi connectivity index (χ1v) is 9.03. The van der Waals surface area contributed by atoms with Gasteiger partial charge in [-0.25, -0.2) is 4.98 Å². The highest BCUT2D eigenvalue weighted by Crippen LogP contribution is 2.36. The second-order valence-corrected chi connectivity index (χ2v) is 7.37. The Morgan fingerprint density at radius 1 is 1.33 bits per heavy atom. The summed E-state index contributed by atoms with van der Waals surface area (Å²) in [4.78, 5) is 5.78. The number of thioether (sulfide) groups is 1. The number of aromatic nitrogens is 1. The Labute approximate surface area is 145 Å². The molecular weight excluding hydrogens is 343 g/mol. The van der Waals surface area contributed by atoms with Crippen LogP contribution in [-0.4, -0.2) is 18.1 Å². The number of nitrogens with zero attached hydrogens (tertiary/aromatic N) is 1. The Morgan fingerprint density at radius 3 is 2.90 bits per heavy atom. The highest BCUT2D eigenvalue weighted by Gasteiger charge is 2.15. The molecule has 0 fully saturated rings. The summed E-state index contributed by atoms with van der Waals surface area (Å²) in [7, 11) is 0. The van der Waals surface area contributed by atoms with E-state index in [1.54, 1.807) is 11.3 Å². The zero-order valence-corrected chi connectivity index (χ0v) is 15.0. The van der Waals surface area contributed by atoms with Gasteiger partial charge in [-0.05, 0) is 50.0 Å². The van der Waals surface area contributed by atoms with Crippen LogP contribution in [0.15, 0.2) is 22.4 Å². The van der Waals surface area contributed by atoms with Crippen LogP contribution in [0, 0.1) is 6.92 Å². The van der Waals surface area contributed by atoms with E-state index in [-0.39, 0.29) is 12.4 Å². The summed E-state index contributed by atoms with van der Waals surface area (Å²) in [6.07, 6.45) is 2.16. The number of fused-ring (bicyclic) bond motifs is 1. The summed E-state index contributed by atoms with van der Waals surface area (Å²) in [6, 6.07) is 4.22. The molecule has 21 heavy (non-hydrogen) atoms. The van der Waals surface area contributed by atoms with Crippen LogP contribution in [0.1, 0.15) is 21.8 Å². The number of thiazole rings is 1. The quantitative estimate of drug-likeness (QED) is 0.815. The van der Waals surface area contributed by atoms with Crippen LogP contribution in [0.4, 0.5) is 0 Å². The molecule has 0 bridgehead atoms. The van der Waals surface area contributed by atoms with Crippen molar-refractivity contribution in [3.63, 3.8) is 0 Å². The maximum Gasteiger partial charge on any atom is 0.0897 e. The van der Waals surface area contributed by atoms with Gasteiger partial charge >= 0.3 is 0 Å². The van der Waals surface area contributed by atoms with Gasteiger partial charge < -0.3 is 5.32 Å². The number of aryl methyl sites for hydroxylation is 1. The van der Waals surface area contributed by atoms with Crippen LogP contribution in [0.25, 0.3) is 0 Å². The van der Waals surface area contributed by atoms with Crippen molar-refractivity contribution in [2.75, 3.05) is 13.1 Å². The Balaban J connectivity index is 0.00000161. The van der Waals surface area contributed by atoms with Gasteiger partial charge in [-0.15, -0.1) is 35.5 Å². The summed E-state index contributed by atoms with van der Waals surface area (Å²) >= 11 is 9.96. The molecule has 0 spiro atoms. The molecule has 1 aliphatic rings. The van der Waals surface area contributed by atoms with Crippen LogP contribution in [0.5, 0.6) is 0 Å². The number of benzene rings is 1. The van der Waals surface area contributed by atoms with Gasteiger partial charge in [0.15, 0.2) is 0 Å². The van der Waals surface area contributed by atoms with Crippen molar-refractivity contribution in [3.8, 4) is 0 Å². The van der Waals surface area contributed by atoms with Gasteiger partial charge in [-0.1, -0.05) is 17.7 Å². The predicted molar refractivity (Wildman–Crippen MR) is 95.4 cm³/mol. The zero-order valence-electron chi connectivity index (χ0n) is 11.8. The van der Waals surface area contributed by atoms with Crippen molar-refractivity contribution in [2.24, 2.45) is 0 Å². The van der Waals surface area contributed by atoms with Crippen molar-refractivity contribution in [1.82, 2.24) is 10.3 Å². The van der Waals surface area contributed by atoms with Gasteiger partial charge in [-0.2, -0.15) is 0 Å². The molecule has 1 aromatic heterocycles. The Hall–Kier alpha value is -0.260. The van der Waals surface area contributed by atoms with Crippen molar-refractivity contribution >= 4 is 47.1 Å². The molecule has 1 aliphatic heterocycles. The van der Waals surface area contributed by atoms with E-state index in [1.807, 2.05) is 24.8 Å². The molecule has 0 atom stereocenters. The van der Waals surface area contributed by atoms with Crippen LogP contribution < -0.4 is 5.32 Å². The highest BCUT2D eigenvalue weighted by atomic mass is 35.5. The lowest BCUT2D eigenvalue weighted by molar-refractivity contribution is 0.709. The molecule has 2 heterocycles. The summed E-state index contributed by atoms with van der Waals surface area (Å²) in [6.45, 7) is 4.15. The lowest BCUT2D eigenvalue weighted by atomic mass is 10.0. The molecule has 1 N–H and O–H groups in total. The highest BCUT2D eigenvalue weighted by molar-refractivity contribution is 7.98. The maximum absolute atomic E-state index is 6.43. The SMILES string of the molecule is Cc1nc(CSc2c(Cl)ccc3c2CCNCC3)cs1.Cl. The average molecular weight is 361 g/mol. The van der Waals surface area contributed by atoms with E-state index in [2.05, 4.69) is 21.7 Å². The molecule has 0 radical (unpaired) electrons. The molecule has 114 valence electrons. The molecule has 0 saturated carbocycles. The van der Waals surface area contributed by atoms with Crippen LogP contribution in [-0.2, 0) is 18.6 Å². The van der Waals surface area contributed by atoms with Crippen molar-refractivity contribution in [1.29, 1.82) is 0 Å². The summed E-state index contributed by atoms with van der Waals surface area (Å²) in [5.74, 6) is 0.897. The zero-order chi connectivity index (χ0) is 13.9. The van der Waals surface area contributed by atoms with Gasteiger partial charge in [0.1, 0.15) is 0 Å². The van der Waals surface area contributed by atoms with Gasteiger partial charge in [-0.3, -0.25) is 0 Å². The van der Waals surface area contributed by atoms with Crippen LogP contribution >= 0.6 is 47.1 Å². The van der Waals surface area contributed by atoms with E-state index in [0.717, 1.165) is 47.4 Å². The Morgan fingerprint density at radius 2 is 2.14 bits per heavy atom. The van der Waals surface area contributed by atoms with E-state index in [4.69, 9.17) is 11.6 Å². The lowest BCUT2D eigenvalue weighted by Gasteiger charge is -2.13. The van der Waals surface area contributed by atoms with E-state index < -0.39 is 0 Å². The lowest BCUT2D eigenvalue weighted by Crippen LogP contribution is -2.16. The summed E-state index contributed by atoms with van der Waals surface area (Å²) in [5, 5.41) is 7.60. The minimum Gasteiger partial charge on any atom is -0.316 e. The molecule has 1 aromatic carbocycles. The Bertz CT molecular complexity index is 614. The van der Waals surface area contributed by atoms with E-state index >= 15 is 0 Å². The molecule has 3 rings (SSSR count). The fraction of sp³-hybridized carbons (Fsp3) is 0.400. The second-order valence-electron chi connectivity index (χ2n) is 4.91. The van der Waals surface area contributed by atoms with Crippen molar-refractivity contribution in [2.45, 2.75) is 30.4 Å². The number of hydrogen-bond acceptors (Lipinski definition) is 4. The molecule has 0 amide bonds. The van der Waals surface area contributed by atoms with Crippen molar-refractivity contribution in [3.05, 3.63) is 44.4 Å². The minimum absolute atomic E-state index is 0. The molecule has 0 saturated heterocycles. The molecule has 0 aliphatic carbocycles. The number of rotatable bonds is 3. The fourth-order valence-corrected chi connectivity index (χ4v) is 4.60. The second kappa shape index (κ2) is 7.84. The van der Waals surface area contributed by atoms with Gasteiger partial charge in [0.25, 0.3) is 0 Å². The monoisotopic (exact) mass is 360 g/mol. The maximum atomic E-state index is 6.43. The van der Waals surface area contributed by atoms with E-state index in [0.29, 0.717) is 0 Å². The first-order valence-electron chi connectivity index (χ1n) is 6.79. The van der Waals surface area contributed by atoms with Crippen LogP contribution in [0.3, 0.4) is 0 Å². The molecular formula is C15H18Cl2N2S2. The minimum atomic E-state index is 0.